The Balaban J connectivity index is 1.98. The number of aliphatic hydroxyl groups excluding tert-OH is 1. The average Bonchev–Trinajstić information content (AvgIpc) is 2.60. The fourth-order valence-corrected chi connectivity index (χ4v) is 2.13. The number of nitrogens with two attached hydrogens (primary N) is 1. The first-order valence-corrected chi connectivity index (χ1v) is 5.94. The Labute approximate surface area is 112 Å². The number of halogens is 1. The molecule has 9 heteroatoms. The molecule has 1 saturated heterocycles. The molecule has 0 radical (unpaired) electrons. The number of nitrogens with one attached hydrogen (secondary N) is 1. The SMILES string of the molecule is NC1=NCN([C@H]2C[C@@H](O)[C@@H](COI)O2)C(=O)N1. The van der Waals surface area contributed by atoms with Crippen LogP contribution in [0.25, 0.3) is 0 Å². The van der Waals surface area contributed by atoms with Gasteiger partial charge in [0, 0.05) is 6.42 Å². The van der Waals surface area contributed by atoms with Crippen molar-refractivity contribution in [3.63, 3.8) is 0 Å². The Kier molecular flexibility index (Phi) is 4.01. The molecule has 2 aliphatic rings. The third-order valence-corrected chi connectivity index (χ3v) is 3.03. The number of rotatable bonds is 3. The fourth-order valence-electron chi connectivity index (χ4n) is 1.78. The predicted molar refractivity (Wildman–Crippen MR) is 66.1 cm³/mol. The van der Waals surface area contributed by atoms with Crippen LogP contribution in [0.2, 0.25) is 0 Å². The standard InChI is InChI=1S/C8H13IN4O4/c9-16-2-5-4(14)1-6(17-5)13-3-11-7(10)12-8(13)15/h4-6,14H,1-3H2,(H3,10,11,12,15)/t4-,5-,6-/m1/s1. The first-order valence-electron chi connectivity index (χ1n) is 5.06. The number of hydrogen-bond donors (Lipinski definition) is 3. The molecule has 2 aliphatic heterocycles. The molecule has 2 rings (SSSR count). The number of guanidine groups is 1. The molecule has 17 heavy (non-hydrogen) atoms. The lowest BCUT2D eigenvalue weighted by Crippen LogP contribution is -2.54. The summed E-state index contributed by atoms with van der Waals surface area (Å²) < 4.78 is 10.4. The summed E-state index contributed by atoms with van der Waals surface area (Å²) in [5.41, 5.74) is 5.37. The molecular weight excluding hydrogens is 343 g/mol. The van der Waals surface area contributed by atoms with Crippen LogP contribution in [0.15, 0.2) is 4.99 Å². The molecule has 0 aromatic rings. The molecule has 0 unspecified atom stereocenters. The van der Waals surface area contributed by atoms with Gasteiger partial charge in [0.25, 0.3) is 0 Å². The summed E-state index contributed by atoms with van der Waals surface area (Å²) in [6.07, 6.45) is -1.23. The maximum Gasteiger partial charge on any atom is 0.327 e. The van der Waals surface area contributed by atoms with E-state index in [0.29, 0.717) is 6.42 Å². The van der Waals surface area contributed by atoms with Crippen molar-refractivity contribution in [2.45, 2.75) is 24.9 Å². The highest BCUT2D eigenvalue weighted by Crippen LogP contribution is 2.24. The summed E-state index contributed by atoms with van der Waals surface area (Å²) in [7, 11) is 0. The maximum atomic E-state index is 11.6. The predicted octanol–water partition coefficient (Wildman–Crippen LogP) is -0.874. The Bertz CT molecular complexity index is 339. The highest BCUT2D eigenvalue weighted by Gasteiger charge is 2.39. The molecule has 0 aromatic heterocycles. The summed E-state index contributed by atoms with van der Waals surface area (Å²) in [6.45, 7) is 0.409. The number of amides is 2. The zero-order chi connectivity index (χ0) is 12.4. The first-order chi connectivity index (χ1) is 8.11. The van der Waals surface area contributed by atoms with Crippen LogP contribution >= 0.6 is 23.0 Å². The number of aliphatic imine (C=N–C) groups is 1. The highest BCUT2D eigenvalue weighted by molar-refractivity contribution is 14.1. The van der Waals surface area contributed by atoms with Crippen molar-refractivity contribution in [2.24, 2.45) is 10.7 Å². The topological polar surface area (TPSA) is 109 Å². The van der Waals surface area contributed by atoms with Gasteiger partial charge in [0.15, 0.2) is 5.96 Å². The lowest BCUT2D eigenvalue weighted by Gasteiger charge is -2.29. The molecule has 1 fully saturated rings. The molecule has 3 atom stereocenters. The Morgan fingerprint density at radius 2 is 2.53 bits per heavy atom. The van der Waals surface area contributed by atoms with E-state index in [1.165, 1.54) is 4.90 Å². The van der Waals surface area contributed by atoms with Crippen LogP contribution in [-0.2, 0) is 7.80 Å². The van der Waals surface area contributed by atoms with Crippen molar-refractivity contribution in [1.29, 1.82) is 0 Å². The van der Waals surface area contributed by atoms with Crippen LogP contribution in [0.1, 0.15) is 6.42 Å². The van der Waals surface area contributed by atoms with Gasteiger partial charge in [-0.25, -0.2) is 9.79 Å². The van der Waals surface area contributed by atoms with Gasteiger partial charge < -0.3 is 18.6 Å². The van der Waals surface area contributed by atoms with E-state index >= 15 is 0 Å². The smallest absolute Gasteiger partial charge is 0.327 e. The minimum absolute atomic E-state index is 0.0944. The normalized spacial score (nSPS) is 33.5. The van der Waals surface area contributed by atoms with E-state index in [-0.39, 0.29) is 25.3 Å². The summed E-state index contributed by atoms with van der Waals surface area (Å²) in [6, 6.07) is -0.370. The monoisotopic (exact) mass is 356 g/mol. The largest absolute Gasteiger partial charge is 0.390 e. The summed E-state index contributed by atoms with van der Waals surface area (Å²) in [4.78, 5) is 16.9. The zero-order valence-corrected chi connectivity index (χ0v) is 11.0. The number of carbonyl (C=O) groups is 1. The van der Waals surface area contributed by atoms with E-state index in [0.717, 1.165) is 0 Å². The molecule has 0 aliphatic carbocycles. The van der Waals surface area contributed by atoms with E-state index in [2.05, 4.69) is 10.3 Å². The van der Waals surface area contributed by atoms with Crippen LogP contribution in [0, 0.1) is 0 Å². The number of aliphatic hydroxyl groups is 1. The Morgan fingerprint density at radius 3 is 3.18 bits per heavy atom. The number of carbonyl (C=O) groups excluding carboxylic acids is 1. The second-order valence-electron chi connectivity index (χ2n) is 3.79. The second kappa shape index (κ2) is 5.33. The first kappa shape index (κ1) is 12.8. The molecule has 0 aromatic carbocycles. The zero-order valence-electron chi connectivity index (χ0n) is 8.88. The van der Waals surface area contributed by atoms with Gasteiger partial charge in [0.1, 0.15) is 42.0 Å². The quantitative estimate of drug-likeness (QED) is 0.570. The highest BCUT2D eigenvalue weighted by atomic mass is 127. The van der Waals surface area contributed by atoms with Crippen LogP contribution < -0.4 is 11.1 Å². The van der Waals surface area contributed by atoms with Gasteiger partial charge in [0.2, 0.25) is 0 Å². The molecule has 0 bridgehead atoms. The van der Waals surface area contributed by atoms with Gasteiger partial charge in [-0.15, -0.1) is 0 Å². The van der Waals surface area contributed by atoms with E-state index in [4.69, 9.17) is 13.5 Å². The van der Waals surface area contributed by atoms with Gasteiger partial charge in [-0.2, -0.15) is 0 Å². The number of nitrogens with zero attached hydrogens (tertiary/aromatic N) is 2. The third-order valence-electron chi connectivity index (χ3n) is 2.67. The van der Waals surface area contributed by atoms with Gasteiger partial charge in [-0.1, -0.05) is 0 Å². The van der Waals surface area contributed by atoms with Crippen LogP contribution in [0.3, 0.4) is 0 Å². The van der Waals surface area contributed by atoms with Crippen molar-refractivity contribution in [3.05, 3.63) is 0 Å². The molecule has 2 amide bonds. The van der Waals surface area contributed by atoms with E-state index < -0.39 is 18.4 Å². The molecule has 8 nitrogen and oxygen atoms in total. The Morgan fingerprint density at radius 1 is 1.76 bits per heavy atom. The lowest BCUT2D eigenvalue weighted by molar-refractivity contribution is -0.0551. The fraction of sp³-hybridized carbons (Fsp3) is 0.750. The number of hydrogen-bond acceptors (Lipinski definition) is 6. The van der Waals surface area contributed by atoms with Crippen LogP contribution in [-0.4, -0.2) is 53.7 Å². The third kappa shape index (κ3) is 2.78. The van der Waals surface area contributed by atoms with Crippen molar-refractivity contribution in [2.75, 3.05) is 13.3 Å². The van der Waals surface area contributed by atoms with Gasteiger partial charge >= 0.3 is 6.03 Å². The van der Waals surface area contributed by atoms with Gasteiger partial charge in [-0.3, -0.25) is 10.2 Å². The number of urea groups is 1. The minimum atomic E-state index is -0.647. The maximum absolute atomic E-state index is 11.6. The molecule has 96 valence electrons. The van der Waals surface area contributed by atoms with Gasteiger partial charge in [-0.05, 0) is 0 Å². The average molecular weight is 356 g/mol. The molecular formula is C8H13IN4O4. The van der Waals surface area contributed by atoms with Crippen molar-refractivity contribution >= 4 is 35.0 Å². The summed E-state index contributed by atoms with van der Waals surface area (Å²) >= 11 is 1.73. The summed E-state index contributed by atoms with van der Waals surface area (Å²) in [5, 5.41) is 12.1. The van der Waals surface area contributed by atoms with E-state index in [1.54, 1.807) is 23.0 Å². The van der Waals surface area contributed by atoms with Crippen LogP contribution in [0.5, 0.6) is 0 Å². The number of ether oxygens (including phenoxy) is 1. The molecule has 2 heterocycles. The minimum Gasteiger partial charge on any atom is -0.390 e. The van der Waals surface area contributed by atoms with Gasteiger partial charge in [0.05, 0.1) is 12.7 Å². The molecule has 0 saturated carbocycles. The Hall–Kier alpha value is -0.650. The van der Waals surface area contributed by atoms with Crippen LogP contribution in [0.4, 0.5) is 4.79 Å². The lowest BCUT2D eigenvalue weighted by atomic mass is 10.2. The second-order valence-corrected chi connectivity index (χ2v) is 4.42. The molecule has 0 spiro atoms. The van der Waals surface area contributed by atoms with E-state index in [1.807, 2.05) is 0 Å². The van der Waals surface area contributed by atoms with E-state index in [9.17, 15) is 9.90 Å². The van der Waals surface area contributed by atoms with Crippen molar-refractivity contribution in [1.82, 2.24) is 10.2 Å². The van der Waals surface area contributed by atoms with Crippen molar-refractivity contribution < 1.29 is 17.7 Å². The van der Waals surface area contributed by atoms with Crippen molar-refractivity contribution in [3.8, 4) is 0 Å². The summed E-state index contributed by atoms with van der Waals surface area (Å²) in [5.74, 6) is 0.0944. The molecule has 4 N–H and O–H groups in total.